The molecule has 0 spiro atoms. The maximum absolute atomic E-state index is 3.13. The van der Waals surface area contributed by atoms with Crippen LogP contribution in [0.5, 0.6) is 0 Å². The van der Waals surface area contributed by atoms with Crippen LogP contribution in [0.25, 0.3) is 0 Å². The van der Waals surface area contributed by atoms with Crippen molar-refractivity contribution in [3.05, 3.63) is 11.8 Å². The van der Waals surface area contributed by atoms with E-state index in [0.29, 0.717) is 0 Å². The molecule has 0 radical (unpaired) electrons. The molecule has 0 amide bonds. The lowest BCUT2D eigenvalue weighted by atomic mass is 10.2. The summed E-state index contributed by atoms with van der Waals surface area (Å²) >= 11 is 0. The van der Waals surface area contributed by atoms with Gasteiger partial charge in [0.2, 0.25) is 0 Å². The van der Waals surface area contributed by atoms with Gasteiger partial charge in [-0.15, -0.1) is 0 Å². The maximum Gasteiger partial charge on any atom is 0.0140 e. The van der Waals surface area contributed by atoms with Crippen molar-refractivity contribution in [1.29, 1.82) is 0 Å². The van der Waals surface area contributed by atoms with E-state index in [9.17, 15) is 0 Å². The van der Waals surface area contributed by atoms with Crippen LogP contribution in [0.1, 0.15) is 20.3 Å². The summed E-state index contributed by atoms with van der Waals surface area (Å²) in [7, 11) is 4.08. The molecule has 0 aliphatic rings. The van der Waals surface area contributed by atoms with Gasteiger partial charge < -0.3 is 10.2 Å². The summed E-state index contributed by atoms with van der Waals surface area (Å²) < 4.78 is 0. The van der Waals surface area contributed by atoms with Crippen LogP contribution in [0.3, 0.4) is 0 Å². The smallest absolute Gasteiger partial charge is 0.0140 e. The Balaban J connectivity index is 3.61. The van der Waals surface area contributed by atoms with Gasteiger partial charge in [0.1, 0.15) is 0 Å². The summed E-state index contributed by atoms with van der Waals surface area (Å²) in [6.07, 6.45) is 3.35. The maximum atomic E-state index is 3.13. The first-order valence-corrected chi connectivity index (χ1v) is 4.22. The van der Waals surface area contributed by atoms with Crippen molar-refractivity contribution in [3.63, 3.8) is 0 Å². The van der Waals surface area contributed by atoms with E-state index in [1.165, 1.54) is 5.57 Å². The third-order valence-electron chi connectivity index (χ3n) is 1.71. The Morgan fingerprint density at radius 1 is 1.55 bits per heavy atom. The number of nitrogens with zero attached hydrogens (tertiary/aromatic N) is 1. The monoisotopic (exact) mass is 156 g/mol. The fraction of sp³-hybridized carbons (Fsp3) is 0.778. The van der Waals surface area contributed by atoms with Crippen molar-refractivity contribution in [3.8, 4) is 0 Å². The van der Waals surface area contributed by atoms with E-state index in [1.807, 2.05) is 7.05 Å². The van der Waals surface area contributed by atoms with E-state index < -0.39 is 0 Å². The molecule has 2 heteroatoms. The summed E-state index contributed by atoms with van der Waals surface area (Å²) in [5.41, 5.74) is 1.43. The Hall–Kier alpha value is -0.500. The second-order valence-electron chi connectivity index (χ2n) is 2.90. The molecule has 0 rings (SSSR count). The van der Waals surface area contributed by atoms with E-state index >= 15 is 0 Å². The number of hydrogen-bond acceptors (Lipinski definition) is 2. The lowest BCUT2D eigenvalue weighted by Gasteiger charge is -2.12. The SMILES string of the molecule is CCN(C)/C=C(\C)CCNC. The first-order chi connectivity index (χ1) is 5.20. The minimum absolute atomic E-state index is 1.07. The molecule has 0 aromatic carbocycles. The lowest BCUT2D eigenvalue weighted by molar-refractivity contribution is 0.477. The second kappa shape index (κ2) is 6.23. The molecule has 0 saturated heterocycles. The van der Waals surface area contributed by atoms with E-state index in [4.69, 9.17) is 0 Å². The van der Waals surface area contributed by atoms with Crippen LogP contribution >= 0.6 is 0 Å². The Morgan fingerprint density at radius 2 is 2.18 bits per heavy atom. The third-order valence-corrected chi connectivity index (χ3v) is 1.71. The van der Waals surface area contributed by atoms with Crippen LogP contribution in [-0.4, -0.2) is 32.1 Å². The van der Waals surface area contributed by atoms with E-state index in [1.54, 1.807) is 0 Å². The fourth-order valence-electron chi connectivity index (χ4n) is 0.854. The topological polar surface area (TPSA) is 15.3 Å². The first kappa shape index (κ1) is 10.5. The molecule has 0 unspecified atom stereocenters. The molecule has 0 fully saturated rings. The lowest BCUT2D eigenvalue weighted by Crippen LogP contribution is -2.12. The first-order valence-electron chi connectivity index (χ1n) is 4.22. The van der Waals surface area contributed by atoms with E-state index in [0.717, 1.165) is 19.5 Å². The molecule has 0 aromatic heterocycles. The highest BCUT2D eigenvalue weighted by molar-refractivity contribution is 4.96. The molecule has 66 valence electrons. The van der Waals surface area contributed by atoms with Crippen LogP contribution in [-0.2, 0) is 0 Å². The predicted octanol–water partition coefficient (Wildman–Crippen LogP) is 1.45. The number of rotatable bonds is 5. The zero-order valence-electron chi connectivity index (χ0n) is 8.15. The molecule has 0 bridgehead atoms. The van der Waals surface area contributed by atoms with Crippen LogP contribution in [0, 0.1) is 0 Å². The second-order valence-corrected chi connectivity index (χ2v) is 2.90. The zero-order chi connectivity index (χ0) is 8.69. The third kappa shape index (κ3) is 5.92. The van der Waals surface area contributed by atoms with Gasteiger partial charge in [-0.2, -0.15) is 0 Å². The summed E-state index contributed by atoms with van der Waals surface area (Å²) in [6.45, 7) is 6.47. The molecule has 0 aliphatic heterocycles. The Kier molecular flexibility index (Phi) is 5.94. The van der Waals surface area contributed by atoms with Crippen LogP contribution < -0.4 is 5.32 Å². The van der Waals surface area contributed by atoms with E-state index in [-0.39, 0.29) is 0 Å². The van der Waals surface area contributed by atoms with Gasteiger partial charge >= 0.3 is 0 Å². The van der Waals surface area contributed by atoms with Crippen molar-refractivity contribution in [1.82, 2.24) is 10.2 Å². The molecule has 0 aliphatic carbocycles. The highest BCUT2D eigenvalue weighted by atomic mass is 15.1. The molecule has 0 heterocycles. The van der Waals surface area contributed by atoms with Crippen molar-refractivity contribution >= 4 is 0 Å². The molecule has 1 N–H and O–H groups in total. The fourth-order valence-corrected chi connectivity index (χ4v) is 0.854. The van der Waals surface area contributed by atoms with Gasteiger partial charge in [0.05, 0.1) is 0 Å². The summed E-state index contributed by atoms with van der Waals surface area (Å²) in [5, 5.41) is 3.13. The molecule has 2 nitrogen and oxygen atoms in total. The Morgan fingerprint density at radius 3 is 2.64 bits per heavy atom. The van der Waals surface area contributed by atoms with Gasteiger partial charge in [-0.1, -0.05) is 5.57 Å². The zero-order valence-corrected chi connectivity index (χ0v) is 8.15. The van der Waals surface area contributed by atoms with Gasteiger partial charge in [-0.25, -0.2) is 0 Å². The molecule has 11 heavy (non-hydrogen) atoms. The standard InChI is InChI=1S/C9H20N2/c1-5-11(4)8-9(2)6-7-10-3/h8,10H,5-7H2,1-4H3/b9-8+. The van der Waals surface area contributed by atoms with Gasteiger partial charge in [0.15, 0.2) is 0 Å². The van der Waals surface area contributed by atoms with Crippen LogP contribution in [0.4, 0.5) is 0 Å². The molecular formula is C9H20N2. The molecule has 0 saturated carbocycles. The van der Waals surface area contributed by atoms with Crippen molar-refractivity contribution in [2.24, 2.45) is 0 Å². The minimum Gasteiger partial charge on any atom is -0.381 e. The van der Waals surface area contributed by atoms with Crippen LogP contribution in [0.2, 0.25) is 0 Å². The minimum atomic E-state index is 1.07. The van der Waals surface area contributed by atoms with Gasteiger partial charge in [-0.05, 0) is 40.1 Å². The van der Waals surface area contributed by atoms with Gasteiger partial charge in [-0.3, -0.25) is 0 Å². The quantitative estimate of drug-likeness (QED) is 0.648. The van der Waals surface area contributed by atoms with Crippen molar-refractivity contribution in [2.75, 3.05) is 27.2 Å². The van der Waals surface area contributed by atoms with Gasteiger partial charge in [0, 0.05) is 13.6 Å². The highest BCUT2D eigenvalue weighted by Crippen LogP contribution is 1.99. The summed E-state index contributed by atoms with van der Waals surface area (Å²) in [6, 6.07) is 0. The van der Waals surface area contributed by atoms with Crippen molar-refractivity contribution < 1.29 is 0 Å². The van der Waals surface area contributed by atoms with Crippen LogP contribution in [0.15, 0.2) is 11.8 Å². The van der Waals surface area contributed by atoms with E-state index in [2.05, 4.69) is 37.3 Å². The average molecular weight is 156 g/mol. The molecule has 0 atom stereocenters. The number of nitrogens with one attached hydrogen (secondary N) is 1. The number of hydrogen-bond donors (Lipinski definition) is 1. The Bertz CT molecular complexity index is 119. The van der Waals surface area contributed by atoms with Crippen molar-refractivity contribution in [2.45, 2.75) is 20.3 Å². The van der Waals surface area contributed by atoms with Gasteiger partial charge in [0.25, 0.3) is 0 Å². The highest BCUT2D eigenvalue weighted by Gasteiger charge is 1.90. The normalized spacial score (nSPS) is 11.8. The Labute approximate surface area is 70.3 Å². The largest absolute Gasteiger partial charge is 0.381 e. The molecule has 0 aromatic rings. The summed E-state index contributed by atoms with van der Waals surface area (Å²) in [5.74, 6) is 0. The summed E-state index contributed by atoms with van der Waals surface area (Å²) in [4.78, 5) is 2.20. The molecular weight excluding hydrogens is 136 g/mol. The predicted molar refractivity (Wildman–Crippen MR) is 50.6 cm³/mol. The average Bonchev–Trinajstić information content (AvgIpc) is 2.00.